The summed E-state index contributed by atoms with van der Waals surface area (Å²) in [4.78, 5) is 14.7. The molecule has 0 fully saturated rings. The molecular weight excluding hydrogens is 228 g/mol. The van der Waals surface area contributed by atoms with Gasteiger partial charge in [-0.25, -0.2) is 0 Å². The van der Waals surface area contributed by atoms with Crippen molar-refractivity contribution in [1.82, 2.24) is 4.98 Å². The van der Waals surface area contributed by atoms with Gasteiger partial charge in [-0.2, -0.15) is 0 Å². The van der Waals surface area contributed by atoms with E-state index < -0.39 is 0 Å². The second kappa shape index (κ2) is 5.69. The Balaban J connectivity index is 2.32. The molecule has 1 aromatic heterocycles. The van der Waals surface area contributed by atoms with Crippen LogP contribution in [0.2, 0.25) is 0 Å². The lowest BCUT2D eigenvalue weighted by Gasteiger charge is -2.17. The van der Waals surface area contributed by atoms with Gasteiger partial charge in [-0.05, 0) is 30.4 Å². The normalized spacial score (nSPS) is 12.6. The number of H-pyrrole nitrogens is 1. The highest BCUT2D eigenvalue weighted by Gasteiger charge is 2.07. The van der Waals surface area contributed by atoms with Crippen molar-refractivity contribution in [3.63, 3.8) is 0 Å². The second-order valence-electron chi connectivity index (χ2n) is 4.36. The SMILES string of the molecule is CCC(CCO)Nc1cc2ccccc2c(=O)[nH]1. The van der Waals surface area contributed by atoms with Gasteiger partial charge in [0.1, 0.15) is 5.82 Å². The van der Waals surface area contributed by atoms with Gasteiger partial charge in [0.2, 0.25) is 0 Å². The fraction of sp³-hybridized carbons (Fsp3) is 0.357. The number of fused-ring (bicyclic) bond motifs is 1. The maximum atomic E-state index is 11.9. The van der Waals surface area contributed by atoms with Crippen LogP contribution in [0.5, 0.6) is 0 Å². The molecule has 0 spiro atoms. The number of aliphatic hydroxyl groups excluding tert-OH is 1. The highest BCUT2D eigenvalue weighted by Crippen LogP contribution is 2.14. The van der Waals surface area contributed by atoms with Gasteiger partial charge >= 0.3 is 0 Å². The molecule has 0 aliphatic rings. The zero-order valence-corrected chi connectivity index (χ0v) is 10.4. The first-order valence-electron chi connectivity index (χ1n) is 6.24. The van der Waals surface area contributed by atoms with E-state index >= 15 is 0 Å². The molecule has 3 N–H and O–H groups in total. The Kier molecular flexibility index (Phi) is 3.99. The molecule has 1 unspecified atom stereocenters. The zero-order valence-electron chi connectivity index (χ0n) is 10.4. The number of nitrogens with one attached hydrogen (secondary N) is 2. The lowest BCUT2D eigenvalue weighted by atomic mass is 10.1. The summed E-state index contributed by atoms with van der Waals surface area (Å²) in [5.41, 5.74) is -0.0885. The van der Waals surface area contributed by atoms with Crippen LogP contribution in [-0.4, -0.2) is 22.7 Å². The molecule has 0 saturated carbocycles. The third kappa shape index (κ3) is 2.71. The average molecular weight is 246 g/mol. The standard InChI is InChI=1S/C14H18N2O2/c1-2-11(7-8-17)15-13-9-10-5-3-4-6-12(10)14(18)16-13/h3-6,9,11,17H,2,7-8H2,1H3,(H2,15,16,18). The molecule has 0 aliphatic heterocycles. The van der Waals surface area contributed by atoms with Crippen molar-refractivity contribution in [2.75, 3.05) is 11.9 Å². The molecule has 18 heavy (non-hydrogen) atoms. The summed E-state index contributed by atoms with van der Waals surface area (Å²) >= 11 is 0. The van der Waals surface area contributed by atoms with Crippen molar-refractivity contribution in [1.29, 1.82) is 0 Å². The first-order valence-corrected chi connectivity index (χ1v) is 6.24. The molecule has 0 bridgehead atoms. The molecule has 0 radical (unpaired) electrons. The van der Waals surface area contributed by atoms with Gasteiger partial charge in [0.15, 0.2) is 0 Å². The Bertz CT molecular complexity index is 577. The minimum absolute atomic E-state index is 0.0885. The Morgan fingerprint density at radius 1 is 1.39 bits per heavy atom. The smallest absolute Gasteiger partial charge is 0.257 e. The van der Waals surface area contributed by atoms with Crippen LogP contribution in [0.4, 0.5) is 5.82 Å². The Morgan fingerprint density at radius 3 is 2.89 bits per heavy atom. The first kappa shape index (κ1) is 12.6. The molecule has 0 saturated heterocycles. The number of hydrogen-bond donors (Lipinski definition) is 3. The van der Waals surface area contributed by atoms with Crippen LogP contribution < -0.4 is 10.9 Å². The number of anilines is 1. The topological polar surface area (TPSA) is 65.1 Å². The number of benzene rings is 1. The molecule has 1 atom stereocenters. The van der Waals surface area contributed by atoms with Crippen LogP contribution in [0.15, 0.2) is 35.1 Å². The van der Waals surface area contributed by atoms with Gasteiger partial charge < -0.3 is 15.4 Å². The number of aromatic nitrogens is 1. The lowest BCUT2D eigenvalue weighted by molar-refractivity contribution is 0.278. The van der Waals surface area contributed by atoms with Crippen LogP contribution in [0.1, 0.15) is 19.8 Å². The van der Waals surface area contributed by atoms with Gasteiger partial charge in [0, 0.05) is 18.0 Å². The fourth-order valence-corrected chi connectivity index (χ4v) is 2.04. The van der Waals surface area contributed by atoms with Crippen LogP contribution in [0, 0.1) is 0 Å². The lowest BCUT2D eigenvalue weighted by Crippen LogP contribution is -2.22. The van der Waals surface area contributed by atoms with Crippen molar-refractivity contribution in [2.24, 2.45) is 0 Å². The molecule has 96 valence electrons. The summed E-state index contributed by atoms with van der Waals surface area (Å²) in [5, 5.41) is 13.8. The summed E-state index contributed by atoms with van der Waals surface area (Å²) in [7, 11) is 0. The average Bonchev–Trinajstić information content (AvgIpc) is 2.38. The van der Waals surface area contributed by atoms with E-state index in [0.29, 0.717) is 17.6 Å². The molecule has 0 aliphatic carbocycles. The van der Waals surface area contributed by atoms with Crippen molar-refractivity contribution in [3.05, 3.63) is 40.7 Å². The Hall–Kier alpha value is -1.81. The second-order valence-corrected chi connectivity index (χ2v) is 4.36. The highest BCUT2D eigenvalue weighted by molar-refractivity contribution is 5.83. The van der Waals surface area contributed by atoms with E-state index in [1.165, 1.54) is 0 Å². The predicted octanol–water partition coefficient (Wildman–Crippen LogP) is 2.10. The molecule has 1 aromatic carbocycles. The van der Waals surface area contributed by atoms with E-state index in [2.05, 4.69) is 10.3 Å². The van der Waals surface area contributed by atoms with Gasteiger partial charge in [-0.3, -0.25) is 4.79 Å². The maximum Gasteiger partial charge on any atom is 0.257 e. The van der Waals surface area contributed by atoms with E-state index in [9.17, 15) is 4.79 Å². The van der Waals surface area contributed by atoms with Gasteiger partial charge in [0.25, 0.3) is 5.56 Å². The van der Waals surface area contributed by atoms with Crippen LogP contribution in [0.3, 0.4) is 0 Å². The quantitative estimate of drug-likeness (QED) is 0.757. The minimum Gasteiger partial charge on any atom is -0.396 e. The number of rotatable bonds is 5. The van der Waals surface area contributed by atoms with E-state index in [0.717, 1.165) is 11.8 Å². The van der Waals surface area contributed by atoms with Crippen molar-refractivity contribution in [3.8, 4) is 0 Å². The van der Waals surface area contributed by atoms with Gasteiger partial charge in [0.05, 0.1) is 0 Å². The third-order valence-electron chi connectivity index (χ3n) is 3.08. The van der Waals surface area contributed by atoms with E-state index in [1.54, 1.807) is 0 Å². The minimum atomic E-state index is -0.0885. The van der Waals surface area contributed by atoms with E-state index in [1.807, 2.05) is 37.3 Å². The van der Waals surface area contributed by atoms with E-state index in [-0.39, 0.29) is 18.2 Å². The van der Waals surface area contributed by atoms with Gasteiger partial charge in [-0.1, -0.05) is 25.1 Å². The maximum absolute atomic E-state index is 11.9. The van der Waals surface area contributed by atoms with Crippen LogP contribution in [0.25, 0.3) is 10.8 Å². The van der Waals surface area contributed by atoms with Crippen LogP contribution >= 0.6 is 0 Å². The fourth-order valence-electron chi connectivity index (χ4n) is 2.04. The molecule has 1 heterocycles. The van der Waals surface area contributed by atoms with E-state index in [4.69, 9.17) is 5.11 Å². The van der Waals surface area contributed by atoms with Gasteiger partial charge in [-0.15, -0.1) is 0 Å². The molecule has 4 heteroatoms. The molecule has 2 rings (SSSR count). The zero-order chi connectivity index (χ0) is 13.0. The third-order valence-corrected chi connectivity index (χ3v) is 3.08. The summed E-state index contributed by atoms with van der Waals surface area (Å²) < 4.78 is 0. The molecule has 0 amide bonds. The monoisotopic (exact) mass is 246 g/mol. The highest BCUT2D eigenvalue weighted by atomic mass is 16.3. The van der Waals surface area contributed by atoms with Crippen molar-refractivity contribution >= 4 is 16.6 Å². The van der Waals surface area contributed by atoms with Crippen LogP contribution in [-0.2, 0) is 0 Å². The summed E-state index contributed by atoms with van der Waals surface area (Å²) in [6.07, 6.45) is 1.57. The first-order chi connectivity index (χ1) is 8.74. The Labute approximate surface area is 106 Å². The number of hydrogen-bond acceptors (Lipinski definition) is 3. The summed E-state index contributed by atoms with van der Waals surface area (Å²) in [5.74, 6) is 0.707. The van der Waals surface area contributed by atoms with Crippen molar-refractivity contribution < 1.29 is 5.11 Å². The number of aliphatic hydroxyl groups is 1. The molecule has 2 aromatic rings. The summed E-state index contributed by atoms with van der Waals surface area (Å²) in [6, 6.07) is 9.59. The summed E-state index contributed by atoms with van der Waals surface area (Å²) in [6.45, 7) is 2.19. The number of pyridine rings is 1. The van der Waals surface area contributed by atoms with Crippen molar-refractivity contribution in [2.45, 2.75) is 25.8 Å². The largest absolute Gasteiger partial charge is 0.396 e. The Morgan fingerprint density at radius 2 is 2.17 bits per heavy atom. The predicted molar refractivity (Wildman–Crippen MR) is 74.0 cm³/mol. The number of aromatic amines is 1. The molecule has 4 nitrogen and oxygen atoms in total. The molecular formula is C14H18N2O2.